The molecule has 2 rings (SSSR count). The van der Waals surface area contributed by atoms with Gasteiger partial charge in [-0.15, -0.1) is 0 Å². The van der Waals surface area contributed by atoms with E-state index in [9.17, 15) is 4.79 Å². The standard InChI is InChI=1S/C10H19N3OS/c14-10(13-9-6-11-7-9)12-5-8-1-3-15-4-2-8/h8-9,11H,1-7H2,(H2,12,13,14). The van der Waals surface area contributed by atoms with Crippen molar-refractivity contribution in [2.45, 2.75) is 18.9 Å². The molecule has 15 heavy (non-hydrogen) atoms. The minimum atomic E-state index is -0.000253. The topological polar surface area (TPSA) is 53.2 Å². The summed E-state index contributed by atoms with van der Waals surface area (Å²) < 4.78 is 0. The largest absolute Gasteiger partial charge is 0.338 e. The van der Waals surface area contributed by atoms with Crippen LogP contribution in [-0.2, 0) is 0 Å². The molecule has 3 N–H and O–H groups in total. The normalized spacial score (nSPS) is 23.2. The highest BCUT2D eigenvalue weighted by atomic mass is 32.2. The van der Waals surface area contributed by atoms with E-state index in [0.717, 1.165) is 19.6 Å². The van der Waals surface area contributed by atoms with Gasteiger partial charge < -0.3 is 16.0 Å². The molecule has 2 amide bonds. The van der Waals surface area contributed by atoms with E-state index in [2.05, 4.69) is 16.0 Å². The molecule has 0 atom stereocenters. The fourth-order valence-corrected chi connectivity index (χ4v) is 3.02. The average Bonchev–Trinajstić information content (AvgIpc) is 2.22. The molecule has 0 aromatic carbocycles. The second kappa shape index (κ2) is 5.61. The molecule has 0 aliphatic carbocycles. The van der Waals surface area contributed by atoms with Crippen LogP contribution < -0.4 is 16.0 Å². The number of rotatable bonds is 3. The van der Waals surface area contributed by atoms with Gasteiger partial charge in [-0.3, -0.25) is 0 Å². The Morgan fingerprint density at radius 3 is 2.67 bits per heavy atom. The molecule has 2 heterocycles. The maximum Gasteiger partial charge on any atom is 0.315 e. The van der Waals surface area contributed by atoms with Gasteiger partial charge >= 0.3 is 6.03 Å². The van der Waals surface area contributed by atoms with Crippen LogP contribution >= 0.6 is 11.8 Å². The van der Waals surface area contributed by atoms with Crippen molar-refractivity contribution in [2.24, 2.45) is 5.92 Å². The van der Waals surface area contributed by atoms with Crippen LogP contribution in [0.5, 0.6) is 0 Å². The maximum atomic E-state index is 11.4. The minimum Gasteiger partial charge on any atom is -0.338 e. The molecule has 0 aromatic heterocycles. The van der Waals surface area contributed by atoms with Gasteiger partial charge in [0.05, 0.1) is 6.04 Å². The lowest BCUT2D eigenvalue weighted by molar-refractivity contribution is 0.229. The summed E-state index contributed by atoms with van der Waals surface area (Å²) >= 11 is 2.02. The fraction of sp³-hybridized carbons (Fsp3) is 0.900. The van der Waals surface area contributed by atoms with Crippen LogP contribution in [0.15, 0.2) is 0 Å². The van der Waals surface area contributed by atoms with Gasteiger partial charge in [0.2, 0.25) is 0 Å². The molecule has 0 bridgehead atoms. The zero-order valence-electron chi connectivity index (χ0n) is 8.92. The van der Waals surface area contributed by atoms with E-state index in [4.69, 9.17) is 0 Å². The number of carbonyl (C=O) groups excluding carboxylic acids is 1. The van der Waals surface area contributed by atoms with Gasteiger partial charge in [0.1, 0.15) is 0 Å². The van der Waals surface area contributed by atoms with Gasteiger partial charge in [0, 0.05) is 19.6 Å². The molecule has 0 radical (unpaired) electrons. The van der Waals surface area contributed by atoms with Crippen molar-refractivity contribution >= 4 is 17.8 Å². The summed E-state index contributed by atoms with van der Waals surface area (Å²) in [7, 11) is 0. The molecule has 4 nitrogen and oxygen atoms in total. The number of thioether (sulfide) groups is 1. The minimum absolute atomic E-state index is 0.000253. The predicted molar refractivity (Wildman–Crippen MR) is 63.2 cm³/mol. The van der Waals surface area contributed by atoms with Crippen LogP contribution in [-0.4, -0.2) is 43.2 Å². The molecule has 86 valence electrons. The molecule has 2 aliphatic heterocycles. The number of amides is 2. The summed E-state index contributed by atoms with van der Waals surface area (Å²) in [4.78, 5) is 11.4. The Labute approximate surface area is 94.9 Å². The van der Waals surface area contributed by atoms with E-state index in [1.54, 1.807) is 0 Å². The molecule has 0 aromatic rings. The number of carbonyl (C=O) groups is 1. The third-order valence-electron chi connectivity index (χ3n) is 3.01. The summed E-state index contributed by atoms with van der Waals surface area (Å²) in [5.74, 6) is 3.19. The molecule has 2 saturated heterocycles. The Kier molecular flexibility index (Phi) is 4.14. The highest BCUT2D eigenvalue weighted by Crippen LogP contribution is 2.21. The molecule has 0 saturated carbocycles. The Bertz CT molecular complexity index is 215. The Balaban J connectivity index is 1.57. The van der Waals surface area contributed by atoms with Crippen LogP contribution in [0.1, 0.15) is 12.8 Å². The average molecular weight is 229 g/mol. The van der Waals surface area contributed by atoms with Crippen LogP contribution in [0.2, 0.25) is 0 Å². The van der Waals surface area contributed by atoms with Crippen molar-refractivity contribution in [3.63, 3.8) is 0 Å². The van der Waals surface area contributed by atoms with Gasteiger partial charge in [0.15, 0.2) is 0 Å². The number of urea groups is 1. The molecular formula is C10H19N3OS. The van der Waals surface area contributed by atoms with Gasteiger partial charge in [-0.2, -0.15) is 11.8 Å². The summed E-state index contributed by atoms with van der Waals surface area (Å²) in [5.41, 5.74) is 0. The molecule has 2 aliphatic rings. The molecular weight excluding hydrogens is 210 g/mol. The Morgan fingerprint density at radius 1 is 1.33 bits per heavy atom. The first-order chi connectivity index (χ1) is 7.34. The van der Waals surface area contributed by atoms with Crippen LogP contribution in [0.4, 0.5) is 4.79 Å². The van der Waals surface area contributed by atoms with E-state index >= 15 is 0 Å². The van der Waals surface area contributed by atoms with Crippen molar-refractivity contribution in [3.8, 4) is 0 Å². The Morgan fingerprint density at radius 2 is 2.07 bits per heavy atom. The van der Waals surface area contributed by atoms with Crippen molar-refractivity contribution in [2.75, 3.05) is 31.1 Å². The first-order valence-electron chi connectivity index (χ1n) is 5.67. The highest BCUT2D eigenvalue weighted by Gasteiger charge is 2.19. The second-order valence-corrected chi connectivity index (χ2v) is 5.49. The molecule has 5 heteroatoms. The fourth-order valence-electron chi connectivity index (χ4n) is 1.81. The molecule has 0 unspecified atom stereocenters. The number of hydrogen-bond donors (Lipinski definition) is 3. The van der Waals surface area contributed by atoms with Crippen molar-refractivity contribution in [3.05, 3.63) is 0 Å². The maximum absolute atomic E-state index is 11.4. The summed E-state index contributed by atoms with van der Waals surface area (Å²) in [6.07, 6.45) is 2.49. The van der Waals surface area contributed by atoms with Gasteiger partial charge in [-0.1, -0.05) is 0 Å². The first kappa shape index (κ1) is 11.1. The van der Waals surface area contributed by atoms with Gasteiger partial charge in [-0.05, 0) is 30.3 Å². The van der Waals surface area contributed by atoms with Gasteiger partial charge in [-0.25, -0.2) is 4.79 Å². The third-order valence-corrected chi connectivity index (χ3v) is 4.06. The SMILES string of the molecule is O=C(NCC1CCSCC1)NC1CNC1. The zero-order chi connectivity index (χ0) is 10.5. The lowest BCUT2D eigenvalue weighted by Gasteiger charge is -2.28. The van der Waals surface area contributed by atoms with Crippen molar-refractivity contribution in [1.82, 2.24) is 16.0 Å². The van der Waals surface area contributed by atoms with E-state index in [0.29, 0.717) is 12.0 Å². The van der Waals surface area contributed by atoms with Crippen LogP contribution in [0, 0.1) is 5.92 Å². The Hall–Kier alpha value is -0.420. The summed E-state index contributed by atoms with van der Waals surface area (Å²) in [5, 5.41) is 9.03. The monoisotopic (exact) mass is 229 g/mol. The first-order valence-corrected chi connectivity index (χ1v) is 6.83. The zero-order valence-corrected chi connectivity index (χ0v) is 9.74. The second-order valence-electron chi connectivity index (χ2n) is 4.27. The summed E-state index contributed by atoms with van der Waals surface area (Å²) in [6.45, 7) is 2.66. The molecule has 2 fully saturated rings. The van der Waals surface area contributed by atoms with Crippen molar-refractivity contribution in [1.29, 1.82) is 0 Å². The lowest BCUT2D eigenvalue weighted by atomic mass is 10.0. The van der Waals surface area contributed by atoms with E-state index in [1.165, 1.54) is 24.3 Å². The number of hydrogen-bond acceptors (Lipinski definition) is 3. The smallest absolute Gasteiger partial charge is 0.315 e. The summed E-state index contributed by atoms with van der Waals surface area (Å²) in [6, 6.07) is 0.339. The molecule has 0 spiro atoms. The lowest BCUT2D eigenvalue weighted by Crippen LogP contribution is -2.59. The van der Waals surface area contributed by atoms with E-state index < -0.39 is 0 Å². The van der Waals surface area contributed by atoms with E-state index in [-0.39, 0.29) is 6.03 Å². The third kappa shape index (κ3) is 3.57. The van der Waals surface area contributed by atoms with Gasteiger partial charge in [0.25, 0.3) is 0 Å². The predicted octanol–water partition coefficient (Wildman–Crippen LogP) is 0.401. The highest BCUT2D eigenvalue weighted by molar-refractivity contribution is 7.99. The van der Waals surface area contributed by atoms with Crippen molar-refractivity contribution < 1.29 is 4.79 Å². The van der Waals surface area contributed by atoms with Crippen LogP contribution in [0.3, 0.4) is 0 Å². The number of nitrogens with one attached hydrogen (secondary N) is 3. The quantitative estimate of drug-likeness (QED) is 0.656. The van der Waals surface area contributed by atoms with Crippen LogP contribution in [0.25, 0.3) is 0 Å². The van der Waals surface area contributed by atoms with E-state index in [1.807, 2.05) is 11.8 Å².